The van der Waals surface area contributed by atoms with Gasteiger partial charge in [0.2, 0.25) is 0 Å². The molecule has 0 bridgehead atoms. The summed E-state index contributed by atoms with van der Waals surface area (Å²) in [4.78, 5) is 13.1. The first kappa shape index (κ1) is 10.5. The molecule has 1 aliphatic rings. The van der Waals surface area contributed by atoms with Gasteiger partial charge in [-0.15, -0.1) is 0 Å². The zero-order valence-electron chi connectivity index (χ0n) is 8.25. The molecule has 1 aliphatic heterocycles. The van der Waals surface area contributed by atoms with E-state index in [-0.39, 0.29) is 0 Å². The van der Waals surface area contributed by atoms with Crippen LogP contribution >= 0.6 is 0 Å². The smallest absolute Gasteiger partial charge is 0.323 e. The van der Waals surface area contributed by atoms with Gasteiger partial charge in [0, 0.05) is 13.1 Å². The van der Waals surface area contributed by atoms with Gasteiger partial charge in [0.25, 0.3) is 0 Å². The Morgan fingerprint density at radius 3 is 2.46 bits per heavy atom. The lowest BCUT2D eigenvalue weighted by molar-refractivity contribution is -0.153. The highest BCUT2D eigenvalue weighted by atomic mass is 16.5. The van der Waals surface area contributed by atoms with E-state index in [9.17, 15) is 4.79 Å². The summed E-state index contributed by atoms with van der Waals surface area (Å²) in [6.07, 6.45) is 0.627. The summed E-state index contributed by atoms with van der Waals surface area (Å²) in [5.74, 6) is -0.739. The van der Waals surface area contributed by atoms with E-state index < -0.39 is 11.5 Å². The quantitative estimate of drug-likeness (QED) is 0.702. The summed E-state index contributed by atoms with van der Waals surface area (Å²) in [5.41, 5.74) is -0.718. The van der Waals surface area contributed by atoms with Crippen LogP contribution in [-0.4, -0.2) is 47.8 Å². The SMILES string of the molecule is CCC(C)(C(=O)O)N1CCOCC1. The monoisotopic (exact) mass is 187 g/mol. The lowest BCUT2D eigenvalue weighted by Gasteiger charge is -2.39. The van der Waals surface area contributed by atoms with Crippen LogP contribution in [0.3, 0.4) is 0 Å². The molecule has 0 aliphatic carbocycles. The summed E-state index contributed by atoms with van der Waals surface area (Å²) in [6.45, 7) is 6.41. The minimum absolute atomic E-state index is 0.627. The fourth-order valence-electron chi connectivity index (χ4n) is 1.57. The maximum atomic E-state index is 11.1. The Kier molecular flexibility index (Phi) is 3.27. The van der Waals surface area contributed by atoms with E-state index in [4.69, 9.17) is 9.84 Å². The van der Waals surface area contributed by atoms with Crippen LogP contribution in [0.4, 0.5) is 0 Å². The molecule has 1 saturated heterocycles. The molecule has 4 heteroatoms. The van der Waals surface area contributed by atoms with Crippen molar-refractivity contribution in [3.63, 3.8) is 0 Å². The topological polar surface area (TPSA) is 49.8 Å². The van der Waals surface area contributed by atoms with Crippen molar-refractivity contribution in [1.82, 2.24) is 4.90 Å². The van der Waals surface area contributed by atoms with Crippen LogP contribution < -0.4 is 0 Å². The van der Waals surface area contributed by atoms with Gasteiger partial charge in [0.1, 0.15) is 5.54 Å². The van der Waals surface area contributed by atoms with Crippen molar-refractivity contribution in [3.05, 3.63) is 0 Å². The van der Waals surface area contributed by atoms with Gasteiger partial charge in [0.05, 0.1) is 13.2 Å². The first-order valence-corrected chi connectivity index (χ1v) is 4.67. The van der Waals surface area contributed by atoms with Crippen molar-refractivity contribution in [1.29, 1.82) is 0 Å². The van der Waals surface area contributed by atoms with Gasteiger partial charge in [-0.2, -0.15) is 0 Å². The van der Waals surface area contributed by atoms with E-state index in [0.29, 0.717) is 19.6 Å². The van der Waals surface area contributed by atoms with E-state index in [2.05, 4.69) is 0 Å². The molecule has 13 heavy (non-hydrogen) atoms. The Morgan fingerprint density at radius 1 is 1.54 bits per heavy atom. The molecule has 1 heterocycles. The Hall–Kier alpha value is -0.610. The number of nitrogens with zero attached hydrogens (tertiary/aromatic N) is 1. The number of carboxylic acid groups (broad SMARTS) is 1. The molecule has 1 unspecified atom stereocenters. The van der Waals surface area contributed by atoms with Gasteiger partial charge in [0.15, 0.2) is 0 Å². The Balaban J connectivity index is 2.68. The second-order valence-electron chi connectivity index (χ2n) is 3.53. The summed E-state index contributed by atoms with van der Waals surface area (Å²) in [5, 5.41) is 9.10. The third kappa shape index (κ3) is 2.00. The van der Waals surface area contributed by atoms with Gasteiger partial charge in [-0.3, -0.25) is 9.69 Å². The van der Waals surface area contributed by atoms with Gasteiger partial charge >= 0.3 is 5.97 Å². The molecule has 1 N–H and O–H groups in total. The van der Waals surface area contributed by atoms with Gasteiger partial charge in [-0.1, -0.05) is 6.92 Å². The summed E-state index contributed by atoms with van der Waals surface area (Å²) >= 11 is 0. The number of ether oxygens (including phenoxy) is 1. The highest BCUT2D eigenvalue weighted by Crippen LogP contribution is 2.20. The van der Waals surface area contributed by atoms with Crippen LogP contribution in [0.15, 0.2) is 0 Å². The van der Waals surface area contributed by atoms with Crippen LogP contribution in [0, 0.1) is 0 Å². The second-order valence-corrected chi connectivity index (χ2v) is 3.53. The minimum Gasteiger partial charge on any atom is -0.480 e. The first-order valence-electron chi connectivity index (χ1n) is 4.67. The molecule has 1 atom stereocenters. The van der Waals surface area contributed by atoms with Crippen molar-refractivity contribution >= 4 is 5.97 Å². The van der Waals surface area contributed by atoms with Crippen LogP contribution in [-0.2, 0) is 9.53 Å². The molecule has 0 spiro atoms. The van der Waals surface area contributed by atoms with E-state index in [1.807, 2.05) is 11.8 Å². The molecule has 1 rings (SSSR count). The molecule has 0 aromatic rings. The molecule has 0 saturated carbocycles. The van der Waals surface area contributed by atoms with Crippen LogP contribution in [0.5, 0.6) is 0 Å². The summed E-state index contributed by atoms with van der Waals surface area (Å²) in [6, 6.07) is 0. The highest BCUT2D eigenvalue weighted by molar-refractivity contribution is 5.78. The van der Waals surface area contributed by atoms with Gasteiger partial charge in [-0.25, -0.2) is 0 Å². The number of morpholine rings is 1. The van der Waals surface area contributed by atoms with E-state index in [0.717, 1.165) is 13.1 Å². The number of carbonyl (C=O) groups is 1. The molecule has 1 fully saturated rings. The highest BCUT2D eigenvalue weighted by Gasteiger charge is 2.38. The number of hydrogen-bond donors (Lipinski definition) is 1. The number of aliphatic carboxylic acids is 1. The molecule has 0 radical (unpaired) electrons. The van der Waals surface area contributed by atoms with Gasteiger partial charge in [-0.05, 0) is 13.3 Å². The predicted molar refractivity (Wildman–Crippen MR) is 48.7 cm³/mol. The first-order chi connectivity index (χ1) is 6.11. The maximum Gasteiger partial charge on any atom is 0.323 e. The third-order valence-electron chi connectivity index (χ3n) is 2.86. The normalized spacial score (nSPS) is 23.8. The number of hydrogen-bond acceptors (Lipinski definition) is 3. The van der Waals surface area contributed by atoms with Crippen molar-refractivity contribution in [2.24, 2.45) is 0 Å². The predicted octanol–water partition coefficient (Wildman–Crippen LogP) is 0.572. The molecule has 4 nitrogen and oxygen atoms in total. The van der Waals surface area contributed by atoms with E-state index in [1.165, 1.54) is 0 Å². The average Bonchev–Trinajstić information content (AvgIpc) is 2.17. The molecule has 0 aromatic heterocycles. The maximum absolute atomic E-state index is 11.1. The fourth-order valence-corrected chi connectivity index (χ4v) is 1.57. The zero-order chi connectivity index (χ0) is 9.90. The summed E-state index contributed by atoms with van der Waals surface area (Å²) < 4.78 is 5.18. The third-order valence-corrected chi connectivity index (χ3v) is 2.86. The van der Waals surface area contributed by atoms with Crippen molar-refractivity contribution in [2.75, 3.05) is 26.3 Å². The second kappa shape index (κ2) is 4.07. The molecule has 0 aromatic carbocycles. The molecule has 0 amide bonds. The Morgan fingerprint density at radius 2 is 2.08 bits per heavy atom. The number of carboxylic acids is 1. The fraction of sp³-hybridized carbons (Fsp3) is 0.889. The van der Waals surface area contributed by atoms with Gasteiger partial charge < -0.3 is 9.84 Å². The largest absolute Gasteiger partial charge is 0.480 e. The number of rotatable bonds is 3. The Bertz CT molecular complexity index is 189. The molecular weight excluding hydrogens is 170 g/mol. The molecule has 76 valence electrons. The Labute approximate surface area is 78.5 Å². The van der Waals surface area contributed by atoms with Crippen molar-refractivity contribution in [2.45, 2.75) is 25.8 Å². The van der Waals surface area contributed by atoms with Crippen LogP contribution in [0.2, 0.25) is 0 Å². The molecular formula is C9H17NO3. The van der Waals surface area contributed by atoms with Crippen LogP contribution in [0.25, 0.3) is 0 Å². The van der Waals surface area contributed by atoms with Crippen molar-refractivity contribution < 1.29 is 14.6 Å². The lowest BCUT2D eigenvalue weighted by Crippen LogP contribution is -2.55. The zero-order valence-corrected chi connectivity index (χ0v) is 8.25. The average molecular weight is 187 g/mol. The van der Waals surface area contributed by atoms with E-state index >= 15 is 0 Å². The van der Waals surface area contributed by atoms with E-state index in [1.54, 1.807) is 6.92 Å². The minimum atomic E-state index is -0.739. The summed E-state index contributed by atoms with van der Waals surface area (Å²) in [7, 11) is 0. The van der Waals surface area contributed by atoms with Crippen LogP contribution in [0.1, 0.15) is 20.3 Å². The standard InChI is InChI=1S/C9H17NO3/c1-3-9(2,8(11)12)10-4-6-13-7-5-10/h3-7H2,1-2H3,(H,11,12). The lowest BCUT2D eigenvalue weighted by atomic mass is 9.96. The van der Waals surface area contributed by atoms with Crippen molar-refractivity contribution in [3.8, 4) is 0 Å².